The van der Waals surface area contributed by atoms with Gasteiger partial charge in [0.05, 0.1) is 0 Å². The number of hydrogen-bond acceptors (Lipinski definition) is 2. The molecule has 1 amide bonds. The van der Waals surface area contributed by atoms with E-state index in [4.69, 9.17) is 0 Å². The van der Waals surface area contributed by atoms with Crippen LogP contribution in [0.15, 0.2) is 0 Å². The molecular weight excluding hydrogens is 212 g/mol. The van der Waals surface area contributed by atoms with Crippen molar-refractivity contribution in [1.29, 1.82) is 0 Å². The third-order valence-corrected chi connectivity index (χ3v) is 4.66. The summed E-state index contributed by atoms with van der Waals surface area (Å²) in [5, 5.41) is 3.21. The Hall–Kier alpha value is -0.570. The number of rotatable bonds is 3. The second-order valence-electron chi connectivity index (χ2n) is 6.32. The predicted octanol–water partition coefficient (Wildman–Crippen LogP) is 2.02. The van der Waals surface area contributed by atoms with Gasteiger partial charge in [0.1, 0.15) is 0 Å². The Bertz CT molecular complexity index is 288. The largest absolute Gasteiger partial charge is 0.338 e. The SMILES string of the molecule is CNCC1CCCN1C(=O)C1CCCC1(C)C. The molecular formula is C14H26N2O. The molecule has 2 fully saturated rings. The molecule has 2 rings (SSSR count). The molecule has 17 heavy (non-hydrogen) atoms. The van der Waals surface area contributed by atoms with Gasteiger partial charge in [-0.1, -0.05) is 20.3 Å². The third-order valence-electron chi connectivity index (χ3n) is 4.66. The molecule has 2 aliphatic rings. The molecule has 98 valence electrons. The molecule has 0 aromatic carbocycles. The minimum absolute atomic E-state index is 0.212. The van der Waals surface area contributed by atoms with E-state index in [1.165, 1.54) is 25.7 Å². The lowest BCUT2D eigenvalue weighted by molar-refractivity contribution is -0.139. The van der Waals surface area contributed by atoms with E-state index in [0.717, 1.165) is 19.5 Å². The molecule has 2 unspecified atom stereocenters. The molecule has 0 aromatic heterocycles. The fourth-order valence-corrected chi connectivity index (χ4v) is 3.56. The summed E-state index contributed by atoms with van der Waals surface area (Å²) in [6.45, 7) is 6.42. The predicted molar refractivity (Wildman–Crippen MR) is 69.8 cm³/mol. The lowest BCUT2D eigenvalue weighted by Crippen LogP contribution is -2.45. The first kappa shape index (κ1) is 12.9. The highest BCUT2D eigenvalue weighted by atomic mass is 16.2. The fourth-order valence-electron chi connectivity index (χ4n) is 3.56. The summed E-state index contributed by atoms with van der Waals surface area (Å²) in [5.74, 6) is 0.685. The maximum atomic E-state index is 12.6. The average Bonchev–Trinajstić information content (AvgIpc) is 2.84. The van der Waals surface area contributed by atoms with E-state index in [1.54, 1.807) is 0 Å². The Morgan fingerprint density at radius 3 is 2.71 bits per heavy atom. The fraction of sp³-hybridized carbons (Fsp3) is 0.929. The van der Waals surface area contributed by atoms with Crippen molar-refractivity contribution in [2.75, 3.05) is 20.1 Å². The van der Waals surface area contributed by atoms with E-state index in [-0.39, 0.29) is 11.3 Å². The van der Waals surface area contributed by atoms with Crippen LogP contribution in [0.25, 0.3) is 0 Å². The zero-order chi connectivity index (χ0) is 12.5. The molecule has 0 bridgehead atoms. The van der Waals surface area contributed by atoms with Crippen molar-refractivity contribution in [3.63, 3.8) is 0 Å². The van der Waals surface area contributed by atoms with Crippen LogP contribution < -0.4 is 5.32 Å². The quantitative estimate of drug-likeness (QED) is 0.816. The number of nitrogens with one attached hydrogen (secondary N) is 1. The standard InChI is InChI=1S/C14H26N2O/c1-14(2)8-4-7-12(14)13(17)16-9-5-6-11(16)10-15-3/h11-12,15H,4-10H2,1-3H3. The normalized spacial score (nSPS) is 32.1. The van der Waals surface area contributed by atoms with Crippen molar-refractivity contribution in [2.24, 2.45) is 11.3 Å². The first-order valence-electron chi connectivity index (χ1n) is 7.01. The highest BCUT2D eigenvalue weighted by Gasteiger charge is 2.43. The Morgan fingerprint density at radius 1 is 1.35 bits per heavy atom. The van der Waals surface area contributed by atoms with Gasteiger partial charge in [0.15, 0.2) is 0 Å². The number of carbonyl (C=O) groups is 1. The molecule has 1 aliphatic heterocycles. The van der Waals surface area contributed by atoms with Gasteiger partial charge in [0, 0.05) is 25.0 Å². The van der Waals surface area contributed by atoms with Crippen LogP contribution in [0.5, 0.6) is 0 Å². The summed E-state index contributed by atoms with van der Waals surface area (Å²) < 4.78 is 0. The first-order chi connectivity index (χ1) is 8.06. The molecule has 1 saturated heterocycles. The maximum absolute atomic E-state index is 12.6. The molecule has 1 aliphatic carbocycles. The lowest BCUT2D eigenvalue weighted by atomic mass is 9.81. The van der Waals surface area contributed by atoms with Crippen molar-refractivity contribution < 1.29 is 4.79 Å². The lowest BCUT2D eigenvalue weighted by Gasteiger charge is -2.33. The minimum atomic E-state index is 0.212. The van der Waals surface area contributed by atoms with E-state index in [2.05, 4.69) is 24.1 Å². The molecule has 1 heterocycles. The summed E-state index contributed by atoms with van der Waals surface area (Å²) in [6, 6.07) is 0.434. The summed E-state index contributed by atoms with van der Waals surface area (Å²) in [5.41, 5.74) is 0.212. The second-order valence-corrected chi connectivity index (χ2v) is 6.32. The number of nitrogens with zero attached hydrogens (tertiary/aromatic N) is 1. The van der Waals surface area contributed by atoms with E-state index in [1.807, 2.05) is 7.05 Å². The van der Waals surface area contributed by atoms with Crippen LogP contribution in [0.2, 0.25) is 0 Å². The molecule has 1 saturated carbocycles. The van der Waals surface area contributed by atoms with Gasteiger partial charge in [-0.3, -0.25) is 4.79 Å². The van der Waals surface area contributed by atoms with Crippen LogP contribution in [-0.4, -0.2) is 37.0 Å². The van der Waals surface area contributed by atoms with Gasteiger partial charge in [0.2, 0.25) is 5.91 Å². The van der Waals surface area contributed by atoms with Gasteiger partial charge in [-0.2, -0.15) is 0 Å². The molecule has 2 atom stereocenters. The second kappa shape index (κ2) is 4.97. The van der Waals surface area contributed by atoms with Gasteiger partial charge in [0.25, 0.3) is 0 Å². The monoisotopic (exact) mass is 238 g/mol. The van der Waals surface area contributed by atoms with E-state index < -0.39 is 0 Å². The van der Waals surface area contributed by atoms with E-state index in [9.17, 15) is 4.79 Å². The Kier molecular flexibility index (Phi) is 3.76. The minimum Gasteiger partial charge on any atom is -0.338 e. The van der Waals surface area contributed by atoms with Gasteiger partial charge >= 0.3 is 0 Å². The van der Waals surface area contributed by atoms with Crippen LogP contribution >= 0.6 is 0 Å². The molecule has 0 spiro atoms. The van der Waals surface area contributed by atoms with Crippen molar-refractivity contribution in [3.05, 3.63) is 0 Å². The topological polar surface area (TPSA) is 32.3 Å². The van der Waals surface area contributed by atoms with Gasteiger partial charge in [-0.25, -0.2) is 0 Å². The Morgan fingerprint density at radius 2 is 2.12 bits per heavy atom. The number of amides is 1. The smallest absolute Gasteiger partial charge is 0.226 e. The summed E-state index contributed by atoms with van der Waals surface area (Å²) in [6.07, 6.45) is 5.85. The van der Waals surface area contributed by atoms with Crippen molar-refractivity contribution >= 4 is 5.91 Å². The van der Waals surface area contributed by atoms with Crippen molar-refractivity contribution in [1.82, 2.24) is 10.2 Å². The number of likely N-dealkylation sites (tertiary alicyclic amines) is 1. The Labute approximate surface area is 105 Å². The van der Waals surface area contributed by atoms with Gasteiger partial charge in [-0.05, 0) is 38.1 Å². The van der Waals surface area contributed by atoms with Crippen molar-refractivity contribution in [3.8, 4) is 0 Å². The molecule has 0 aromatic rings. The molecule has 1 N–H and O–H groups in total. The van der Waals surface area contributed by atoms with Crippen LogP contribution in [-0.2, 0) is 4.79 Å². The van der Waals surface area contributed by atoms with E-state index >= 15 is 0 Å². The summed E-state index contributed by atoms with van der Waals surface area (Å²) >= 11 is 0. The maximum Gasteiger partial charge on any atom is 0.226 e. The van der Waals surface area contributed by atoms with Crippen LogP contribution in [0.4, 0.5) is 0 Å². The van der Waals surface area contributed by atoms with E-state index in [0.29, 0.717) is 11.9 Å². The van der Waals surface area contributed by atoms with Crippen LogP contribution in [0.3, 0.4) is 0 Å². The number of hydrogen-bond donors (Lipinski definition) is 1. The van der Waals surface area contributed by atoms with Gasteiger partial charge < -0.3 is 10.2 Å². The van der Waals surface area contributed by atoms with Gasteiger partial charge in [-0.15, -0.1) is 0 Å². The summed E-state index contributed by atoms with van der Waals surface area (Å²) in [4.78, 5) is 14.8. The highest BCUT2D eigenvalue weighted by Crippen LogP contribution is 2.44. The number of likely N-dealkylation sites (N-methyl/N-ethyl adjacent to an activating group) is 1. The Balaban J connectivity index is 2.04. The third kappa shape index (κ3) is 2.49. The average molecular weight is 238 g/mol. The zero-order valence-corrected chi connectivity index (χ0v) is 11.5. The molecule has 3 nitrogen and oxygen atoms in total. The van der Waals surface area contributed by atoms with Crippen LogP contribution in [0, 0.1) is 11.3 Å². The molecule has 0 radical (unpaired) electrons. The first-order valence-corrected chi connectivity index (χ1v) is 7.01. The zero-order valence-electron chi connectivity index (χ0n) is 11.5. The highest BCUT2D eigenvalue weighted by molar-refractivity contribution is 5.80. The number of carbonyl (C=O) groups excluding carboxylic acids is 1. The summed E-state index contributed by atoms with van der Waals surface area (Å²) in [7, 11) is 1.97. The van der Waals surface area contributed by atoms with Crippen molar-refractivity contribution in [2.45, 2.75) is 52.0 Å². The van der Waals surface area contributed by atoms with Crippen LogP contribution in [0.1, 0.15) is 46.0 Å². The molecule has 3 heteroatoms.